The number of hydrogen-bond acceptors (Lipinski definition) is 4. The molecule has 162 valence electrons. The number of nitrogens with zero attached hydrogens (tertiary/aromatic N) is 3. The minimum absolute atomic E-state index is 0.00378. The first-order valence-corrected chi connectivity index (χ1v) is 10.1. The quantitative estimate of drug-likeness (QED) is 0.350. The summed E-state index contributed by atoms with van der Waals surface area (Å²) in [6, 6.07) is 7.91. The fourth-order valence-corrected chi connectivity index (χ4v) is 4.48. The molecular formula is C24H19F2N3O3. The largest absolute Gasteiger partial charge is 0.434 e. The highest BCUT2D eigenvalue weighted by molar-refractivity contribution is 5.97. The molecule has 0 saturated heterocycles. The van der Waals surface area contributed by atoms with Gasteiger partial charge >= 0.3 is 6.61 Å². The second kappa shape index (κ2) is 7.75. The average Bonchev–Trinajstić information content (AvgIpc) is 3.28. The lowest BCUT2D eigenvalue weighted by Crippen LogP contribution is -2.30. The zero-order valence-electron chi connectivity index (χ0n) is 19.7. The molecule has 32 heavy (non-hydrogen) atoms. The van der Waals surface area contributed by atoms with E-state index in [1.165, 1.54) is 18.2 Å². The van der Waals surface area contributed by atoms with Gasteiger partial charge in [-0.1, -0.05) is 17.9 Å². The lowest BCUT2D eigenvalue weighted by atomic mass is 9.97. The summed E-state index contributed by atoms with van der Waals surface area (Å²) in [6.45, 7) is -5.90. The van der Waals surface area contributed by atoms with Crippen LogP contribution in [0.25, 0.3) is 11.0 Å². The second-order valence-corrected chi connectivity index (χ2v) is 7.59. The van der Waals surface area contributed by atoms with Crippen LogP contribution in [0.1, 0.15) is 62.8 Å². The monoisotopic (exact) mass is 438 g/mol. The maximum absolute atomic E-state index is 13.4. The van der Waals surface area contributed by atoms with E-state index in [1.807, 2.05) is 0 Å². The van der Waals surface area contributed by atoms with Crippen molar-refractivity contribution in [2.24, 2.45) is 0 Å². The van der Waals surface area contributed by atoms with Crippen molar-refractivity contribution in [3.8, 4) is 17.6 Å². The second-order valence-electron chi connectivity index (χ2n) is 7.59. The molecule has 2 aliphatic heterocycles. The first-order chi connectivity index (χ1) is 16.7. The van der Waals surface area contributed by atoms with Crippen molar-refractivity contribution in [1.82, 2.24) is 14.5 Å². The minimum atomic E-state index is -3.12. The summed E-state index contributed by atoms with van der Waals surface area (Å²) in [5.41, 5.74) is 2.06. The molecule has 0 aliphatic carbocycles. The minimum Gasteiger partial charge on any atom is -0.434 e. The number of fused-ring (bicyclic) bond motifs is 9. The Bertz CT molecular complexity index is 1410. The van der Waals surface area contributed by atoms with E-state index < -0.39 is 31.6 Å². The van der Waals surface area contributed by atoms with E-state index >= 15 is 0 Å². The number of benzene rings is 2. The van der Waals surface area contributed by atoms with Crippen LogP contribution >= 0.6 is 0 Å². The SMILES string of the molecule is [2H]C([2H])([2H])N1C(=O)c2cccc(OC(F)F)c2[C@H]2C[C@@H]1c1nc3ccc(C#CCCC=O)cc3n12. The summed E-state index contributed by atoms with van der Waals surface area (Å²) in [5.74, 6) is 5.31. The number of halogens is 2. The van der Waals surface area contributed by atoms with Crippen molar-refractivity contribution < 1.29 is 27.2 Å². The van der Waals surface area contributed by atoms with E-state index in [2.05, 4.69) is 16.8 Å². The molecule has 0 unspecified atom stereocenters. The number of aromatic nitrogens is 2. The number of ether oxygens (including phenoxy) is 1. The smallest absolute Gasteiger partial charge is 0.387 e. The summed E-state index contributed by atoms with van der Waals surface area (Å²) in [6.07, 6.45) is 1.67. The van der Waals surface area contributed by atoms with E-state index in [0.717, 1.165) is 11.2 Å². The van der Waals surface area contributed by atoms with Crippen LogP contribution in [0.2, 0.25) is 0 Å². The van der Waals surface area contributed by atoms with Gasteiger partial charge in [0.1, 0.15) is 17.9 Å². The number of hydrogen-bond donors (Lipinski definition) is 0. The molecule has 2 aromatic carbocycles. The topological polar surface area (TPSA) is 64.4 Å². The van der Waals surface area contributed by atoms with Crippen LogP contribution in [0.5, 0.6) is 5.75 Å². The highest BCUT2D eigenvalue weighted by Gasteiger charge is 2.44. The van der Waals surface area contributed by atoms with Crippen molar-refractivity contribution in [1.29, 1.82) is 0 Å². The molecule has 3 aromatic rings. The third kappa shape index (κ3) is 3.12. The van der Waals surface area contributed by atoms with E-state index in [4.69, 9.17) is 8.85 Å². The predicted octanol–water partition coefficient (Wildman–Crippen LogP) is 4.09. The van der Waals surface area contributed by atoms with Gasteiger partial charge in [-0.05, 0) is 30.3 Å². The Labute approximate surface area is 187 Å². The number of amides is 1. The maximum Gasteiger partial charge on any atom is 0.387 e. The standard InChI is InChI=1S/C24H19F2N3O3/c1-28-19-13-18(21-15(23(28)31)7-5-8-20(21)32-24(25)26)29-17-12-14(6-3-2-4-11-30)9-10-16(17)27-22(19)29/h5,7-12,18-19,24H,2,4,13H2,1H3/t18-,19-/m1/s1/i1D3. The van der Waals surface area contributed by atoms with Crippen molar-refractivity contribution in [3.63, 3.8) is 0 Å². The van der Waals surface area contributed by atoms with Crippen molar-refractivity contribution >= 4 is 23.2 Å². The summed E-state index contributed by atoms with van der Waals surface area (Å²) in [5, 5.41) is 0. The molecule has 0 N–H and O–H groups in total. The Morgan fingerprint density at radius 1 is 1.34 bits per heavy atom. The molecule has 2 atom stereocenters. The fraction of sp³-hybridized carbons (Fsp3) is 0.292. The number of aldehydes is 1. The normalized spacial score (nSPS) is 20.5. The molecular weight excluding hydrogens is 416 g/mol. The molecule has 0 saturated carbocycles. The van der Waals surface area contributed by atoms with Gasteiger partial charge in [0.25, 0.3) is 5.91 Å². The highest BCUT2D eigenvalue weighted by Crippen LogP contribution is 2.49. The van der Waals surface area contributed by atoms with Gasteiger partial charge in [-0.3, -0.25) is 4.79 Å². The molecule has 8 heteroatoms. The van der Waals surface area contributed by atoms with Crippen molar-refractivity contribution in [2.75, 3.05) is 6.98 Å². The molecule has 2 aliphatic rings. The van der Waals surface area contributed by atoms with Crippen molar-refractivity contribution in [3.05, 3.63) is 58.9 Å². The Morgan fingerprint density at radius 3 is 3.00 bits per heavy atom. The Hall–Kier alpha value is -3.73. The predicted molar refractivity (Wildman–Crippen MR) is 113 cm³/mol. The summed E-state index contributed by atoms with van der Waals surface area (Å²) >= 11 is 0. The van der Waals surface area contributed by atoms with Gasteiger partial charge in [-0.25, -0.2) is 4.98 Å². The van der Waals surface area contributed by atoms with Crippen LogP contribution in [-0.4, -0.2) is 40.2 Å². The van der Waals surface area contributed by atoms with Gasteiger partial charge in [0.15, 0.2) is 0 Å². The van der Waals surface area contributed by atoms with E-state index in [9.17, 15) is 18.4 Å². The number of carbonyl (C=O) groups excluding carboxylic acids is 2. The third-order valence-electron chi connectivity index (χ3n) is 5.77. The van der Waals surface area contributed by atoms with Crippen molar-refractivity contribution in [2.45, 2.75) is 38.0 Å². The van der Waals surface area contributed by atoms with Gasteiger partial charge in [-0.15, -0.1) is 0 Å². The van der Waals surface area contributed by atoms with E-state index in [-0.39, 0.29) is 23.3 Å². The molecule has 3 heterocycles. The van der Waals surface area contributed by atoms with E-state index in [0.29, 0.717) is 35.3 Å². The number of alkyl halides is 2. The molecule has 2 bridgehead atoms. The molecule has 0 fully saturated rings. The lowest BCUT2D eigenvalue weighted by Gasteiger charge is -2.24. The lowest BCUT2D eigenvalue weighted by molar-refractivity contribution is -0.107. The molecule has 1 aromatic heterocycles. The highest BCUT2D eigenvalue weighted by atomic mass is 19.3. The van der Waals surface area contributed by atoms with Gasteiger partial charge in [0.2, 0.25) is 0 Å². The number of imidazole rings is 1. The number of unbranched alkanes of at least 4 members (excludes halogenated alkanes) is 1. The zero-order valence-corrected chi connectivity index (χ0v) is 16.7. The first-order valence-electron chi connectivity index (χ1n) is 11.6. The van der Waals surface area contributed by atoms with Gasteiger partial charge in [0.05, 0.1) is 23.1 Å². The van der Waals surface area contributed by atoms with Crippen LogP contribution in [0, 0.1) is 11.8 Å². The summed E-state index contributed by atoms with van der Waals surface area (Å²) in [4.78, 5) is 29.4. The zero-order chi connectivity index (χ0) is 24.9. The van der Waals surface area contributed by atoms with Crippen LogP contribution < -0.4 is 4.74 Å². The Kier molecular flexibility index (Phi) is 4.09. The maximum atomic E-state index is 13.4. The van der Waals surface area contributed by atoms with Crippen LogP contribution in [-0.2, 0) is 4.79 Å². The average molecular weight is 438 g/mol. The fourth-order valence-electron chi connectivity index (χ4n) is 4.48. The molecule has 1 amide bonds. The molecule has 0 radical (unpaired) electrons. The molecule has 0 spiro atoms. The van der Waals surface area contributed by atoms with Crippen LogP contribution in [0.4, 0.5) is 8.78 Å². The number of carbonyl (C=O) groups is 2. The third-order valence-corrected chi connectivity index (χ3v) is 5.77. The van der Waals surface area contributed by atoms with Gasteiger partial charge in [0, 0.05) is 47.0 Å². The van der Waals surface area contributed by atoms with Crippen LogP contribution in [0.3, 0.4) is 0 Å². The summed E-state index contributed by atoms with van der Waals surface area (Å²) in [7, 11) is 0. The first kappa shape index (κ1) is 16.9. The van der Waals surface area contributed by atoms with Gasteiger partial charge in [-0.2, -0.15) is 8.78 Å². The Balaban J connectivity index is 1.74. The van der Waals surface area contributed by atoms with E-state index in [1.54, 1.807) is 22.8 Å². The molecule has 5 rings (SSSR count). The molecule has 6 nitrogen and oxygen atoms in total. The van der Waals surface area contributed by atoms with Gasteiger partial charge < -0.3 is 19.0 Å². The van der Waals surface area contributed by atoms with Crippen LogP contribution in [0.15, 0.2) is 36.4 Å². The summed E-state index contributed by atoms with van der Waals surface area (Å²) < 4.78 is 57.2. The Morgan fingerprint density at radius 2 is 2.22 bits per heavy atom. The number of rotatable bonds is 4.